The van der Waals surface area contributed by atoms with Gasteiger partial charge in [-0.2, -0.15) is 13.2 Å². The molecule has 0 aliphatic rings. The van der Waals surface area contributed by atoms with Crippen molar-refractivity contribution in [2.75, 3.05) is 19.0 Å². The Morgan fingerprint density at radius 3 is 2.33 bits per heavy atom. The molecule has 144 valence electrons. The van der Waals surface area contributed by atoms with Gasteiger partial charge in [-0.1, -0.05) is 23.7 Å². The summed E-state index contributed by atoms with van der Waals surface area (Å²) in [6.45, 7) is 0.176. The zero-order valence-corrected chi connectivity index (χ0v) is 14.9. The Kier molecular flexibility index (Phi) is 6.68. The molecular weight excluding hydrogens is 385 g/mol. The lowest BCUT2D eigenvalue weighted by Crippen LogP contribution is -2.36. The Balaban J connectivity index is 1.91. The molecule has 2 amide bonds. The summed E-state index contributed by atoms with van der Waals surface area (Å²) in [5.74, 6) is -1.39. The molecule has 0 bridgehead atoms. The molecule has 0 saturated carbocycles. The third-order valence-electron chi connectivity index (χ3n) is 3.61. The van der Waals surface area contributed by atoms with Crippen molar-refractivity contribution in [3.05, 3.63) is 58.6 Å². The maximum Gasteiger partial charge on any atom is 0.416 e. The summed E-state index contributed by atoms with van der Waals surface area (Å²) in [6.07, 6.45) is -4.13. The Labute approximate surface area is 158 Å². The molecule has 2 aromatic carbocycles. The number of nitrogens with one attached hydrogen (secondary N) is 2. The Hall–Kier alpha value is -2.74. The minimum atomic E-state index is -4.59. The van der Waals surface area contributed by atoms with Crippen LogP contribution in [0.25, 0.3) is 0 Å². The van der Waals surface area contributed by atoms with Crippen molar-refractivity contribution in [1.29, 1.82) is 0 Å². The maximum absolute atomic E-state index is 12.7. The second-order valence-electron chi connectivity index (χ2n) is 5.50. The topological polar surface area (TPSA) is 67.4 Å². The van der Waals surface area contributed by atoms with Crippen molar-refractivity contribution < 1.29 is 27.5 Å². The predicted molar refractivity (Wildman–Crippen MR) is 94.8 cm³/mol. The molecule has 0 saturated heterocycles. The van der Waals surface area contributed by atoms with Crippen molar-refractivity contribution >= 4 is 29.1 Å². The molecule has 2 N–H and O–H groups in total. The molecule has 0 aliphatic heterocycles. The molecule has 0 spiro atoms. The monoisotopic (exact) mass is 400 g/mol. The number of ether oxygens (including phenoxy) is 1. The number of halogens is 4. The minimum Gasteiger partial charge on any atom is -0.497 e. The van der Waals surface area contributed by atoms with E-state index in [1.54, 1.807) is 19.2 Å². The van der Waals surface area contributed by atoms with Crippen molar-refractivity contribution in [3.63, 3.8) is 0 Å². The zero-order chi connectivity index (χ0) is 20.0. The Morgan fingerprint density at radius 1 is 1.07 bits per heavy atom. The number of benzene rings is 2. The highest BCUT2D eigenvalue weighted by Crippen LogP contribution is 2.33. The van der Waals surface area contributed by atoms with Crippen LogP contribution in [0, 0.1) is 0 Å². The first-order valence-corrected chi connectivity index (χ1v) is 8.17. The van der Waals surface area contributed by atoms with Crippen LogP contribution in [0.5, 0.6) is 5.75 Å². The molecule has 0 aromatic heterocycles. The maximum atomic E-state index is 12.7. The fourth-order valence-electron chi connectivity index (χ4n) is 2.17. The van der Waals surface area contributed by atoms with Crippen molar-refractivity contribution in [3.8, 4) is 5.75 Å². The van der Waals surface area contributed by atoms with Crippen LogP contribution in [0.2, 0.25) is 5.02 Å². The third-order valence-corrected chi connectivity index (χ3v) is 3.94. The number of amides is 2. The first-order chi connectivity index (χ1) is 12.7. The molecule has 27 heavy (non-hydrogen) atoms. The summed E-state index contributed by atoms with van der Waals surface area (Å²) in [4.78, 5) is 23.7. The average molecular weight is 401 g/mol. The summed E-state index contributed by atoms with van der Waals surface area (Å²) in [5.41, 5.74) is -0.360. The number of methoxy groups -OCH3 is 1. The van der Waals surface area contributed by atoms with Gasteiger partial charge in [0, 0.05) is 6.54 Å². The third kappa shape index (κ3) is 5.89. The predicted octanol–water partition coefficient (Wildman–Crippen LogP) is 3.66. The molecule has 0 fully saturated rings. The van der Waals surface area contributed by atoms with E-state index in [2.05, 4.69) is 10.6 Å². The van der Waals surface area contributed by atoms with Gasteiger partial charge in [-0.05, 0) is 42.3 Å². The van der Waals surface area contributed by atoms with E-state index in [0.29, 0.717) is 18.2 Å². The van der Waals surface area contributed by atoms with Crippen LogP contribution in [0.3, 0.4) is 0 Å². The highest BCUT2D eigenvalue weighted by atomic mass is 35.5. The second kappa shape index (κ2) is 8.77. The summed E-state index contributed by atoms with van der Waals surface area (Å²) < 4.78 is 43.2. The molecule has 0 heterocycles. The minimum absolute atomic E-state index is 0.109. The van der Waals surface area contributed by atoms with Crippen LogP contribution >= 0.6 is 11.6 Å². The Bertz CT molecular complexity index is 824. The van der Waals surface area contributed by atoms with Gasteiger partial charge in [-0.3, -0.25) is 9.59 Å². The van der Waals surface area contributed by atoms with E-state index in [1.807, 2.05) is 12.1 Å². The van der Waals surface area contributed by atoms with Crippen LogP contribution in [-0.4, -0.2) is 25.5 Å². The number of carbonyl (C=O) groups excluding carboxylic acids is 2. The van der Waals surface area contributed by atoms with Crippen LogP contribution < -0.4 is 15.4 Å². The lowest BCUT2D eigenvalue weighted by atomic mass is 10.1. The van der Waals surface area contributed by atoms with Crippen molar-refractivity contribution in [2.45, 2.75) is 12.6 Å². The van der Waals surface area contributed by atoms with E-state index in [1.165, 1.54) is 0 Å². The van der Waals surface area contributed by atoms with E-state index < -0.39 is 23.6 Å². The van der Waals surface area contributed by atoms with Gasteiger partial charge in [0.05, 0.1) is 23.4 Å². The fraction of sp³-hybridized carbons (Fsp3) is 0.222. The summed E-state index contributed by atoms with van der Waals surface area (Å²) in [5, 5.41) is 4.37. The summed E-state index contributed by atoms with van der Waals surface area (Å²) in [7, 11) is 1.55. The standard InChI is InChI=1S/C18H16ClF3N2O3/c1-27-13-5-2-11(3-6-13)8-9-23-16(25)17(26)24-15-10-12(18(20,21)22)4-7-14(15)19/h2-7,10H,8-9H2,1H3,(H,23,25)(H,24,26). The van der Waals surface area contributed by atoms with E-state index in [-0.39, 0.29) is 17.3 Å². The molecule has 0 atom stereocenters. The number of hydrogen-bond donors (Lipinski definition) is 2. The summed E-state index contributed by atoms with van der Waals surface area (Å²) in [6, 6.07) is 9.61. The zero-order valence-electron chi connectivity index (χ0n) is 14.2. The highest BCUT2D eigenvalue weighted by molar-refractivity contribution is 6.41. The van der Waals surface area contributed by atoms with Crippen molar-refractivity contribution in [1.82, 2.24) is 5.32 Å². The van der Waals surface area contributed by atoms with Gasteiger partial charge in [0.2, 0.25) is 0 Å². The number of rotatable bonds is 5. The van der Waals surface area contributed by atoms with Crippen LogP contribution in [0.4, 0.5) is 18.9 Å². The van der Waals surface area contributed by atoms with Gasteiger partial charge < -0.3 is 15.4 Å². The van der Waals surface area contributed by atoms with Gasteiger partial charge in [0.1, 0.15) is 5.75 Å². The number of anilines is 1. The normalized spacial score (nSPS) is 11.0. The highest BCUT2D eigenvalue weighted by Gasteiger charge is 2.31. The lowest BCUT2D eigenvalue weighted by Gasteiger charge is -2.11. The first kappa shape index (κ1) is 20.6. The molecule has 5 nitrogen and oxygen atoms in total. The Morgan fingerprint density at radius 2 is 1.74 bits per heavy atom. The number of carbonyl (C=O) groups is 2. The van der Waals surface area contributed by atoms with E-state index in [4.69, 9.17) is 16.3 Å². The first-order valence-electron chi connectivity index (χ1n) is 7.79. The number of hydrogen-bond acceptors (Lipinski definition) is 3. The molecule has 2 rings (SSSR count). The molecule has 2 aromatic rings. The van der Waals surface area contributed by atoms with Gasteiger partial charge >= 0.3 is 18.0 Å². The van der Waals surface area contributed by atoms with Gasteiger partial charge in [-0.15, -0.1) is 0 Å². The summed E-state index contributed by atoms with van der Waals surface area (Å²) >= 11 is 5.78. The molecule has 0 radical (unpaired) electrons. The fourth-order valence-corrected chi connectivity index (χ4v) is 2.33. The van der Waals surface area contributed by atoms with Gasteiger partial charge in [0.15, 0.2) is 0 Å². The van der Waals surface area contributed by atoms with Crippen LogP contribution in [0.1, 0.15) is 11.1 Å². The SMILES string of the molecule is COc1ccc(CCNC(=O)C(=O)Nc2cc(C(F)(F)F)ccc2Cl)cc1. The molecule has 0 unspecified atom stereocenters. The molecule has 9 heteroatoms. The number of alkyl halides is 3. The van der Waals surface area contributed by atoms with Crippen LogP contribution in [0.15, 0.2) is 42.5 Å². The smallest absolute Gasteiger partial charge is 0.416 e. The van der Waals surface area contributed by atoms with E-state index in [9.17, 15) is 22.8 Å². The molecule has 0 aliphatic carbocycles. The quantitative estimate of drug-likeness (QED) is 0.753. The second-order valence-corrected chi connectivity index (χ2v) is 5.91. The lowest BCUT2D eigenvalue weighted by molar-refractivity contribution is -0.137. The van der Waals surface area contributed by atoms with Gasteiger partial charge in [0.25, 0.3) is 0 Å². The van der Waals surface area contributed by atoms with E-state index >= 15 is 0 Å². The van der Waals surface area contributed by atoms with E-state index in [0.717, 1.165) is 17.7 Å². The largest absolute Gasteiger partial charge is 0.497 e. The molecular formula is C18H16ClF3N2O3. The van der Waals surface area contributed by atoms with Crippen molar-refractivity contribution in [2.24, 2.45) is 0 Å². The van der Waals surface area contributed by atoms with Gasteiger partial charge in [-0.25, -0.2) is 0 Å². The van der Waals surface area contributed by atoms with Crippen LogP contribution in [-0.2, 0) is 22.2 Å². The average Bonchev–Trinajstić information content (AvgIpc) is 2.63.